The maximum absolute atomic E-state index is 8.85. The van der Waals surface area contributed by atoms with Crippen LogP contribution in [-0.2, 0) is 6.54 Å². The first-order chi connectivity index (χ1) is 6.67. The number of rotatable bonds is 4. The summed E-state index contributed by atoms with van der Waals surface area (Å²) in [6.07, 6.45) is 0. The van der Waals surface area contributed by atoms with Crippen molar-refractivity contribution >= 4 is 11.6 Å². The van der Waals surface area contributed by atoms with Crippen LogP contribution in [0, 0.1) is 0 Å². The standard InChI is InChI=1S/C10H14ClNO2/c1-12(7-13)6-8-3-4-9(14-2)5-10(8)11/h3-5,13H,6-7H2,1-2H3. The third-order valence-electron chi connectivity index (χ3n) is 1.94. The lowest BCUT2D eigenvalue weighted by Crippen LogP contribution is -2.18. The minimum Gasteiger partial charge on any atom is -0.497 e. The lowest BCUT2D eigenvalue weighted by Gasteiger charge is -2.14. The van der Waals surface area contributed by atoms with Crippen molar-refractivity contribution in [3.05, 3.63) is 28.8 Å². The highest BCUT2D eigenvalue weighted by atomic mass is 35.5. The molecule has 0 radical (unpaired) electrons. The summed E-state index contributed by atoms with van der Waals surface area (Å²) in [6.45, 7) is 0.641. The number of hydrogen-bond donors (Lipinski definition) is 1. The molecule has 14 heavy (non-hydrogen) atoms. The predicted molar refractivity (Wildman–Crippen MR) is 56.6 cm³/mol. The van der Waals surface area contributed by atoms with Gasteiger partial charge in [0.15, 0.2) is 0 Å². The van der Waals surface area contributed by atoms with Gasteiger partial charge in [-0.2, -0.15) is 0 Å². The Kier molecular flexibility index (Phi) is 4.20. The monoisotopic (exact) mass is 215 g/mol. The fraction of sp³-hybridized carbons (Fsp3) is 0.400. The third kappa shape index (κ3) is 2.87. The van der Waals surface area contributed by atoms with Crippen molar-refractivity contribution in [1.82, 2.24) is 4.90 Å². The molecule has 0 aromatic heterocycles. The number of methoxy groups -OCH3 is 1. The Morgan fingerprint density at radius 2 is 2.21 bits per heavy atom. The molecule has 1 aromatic carbocycles. The summed E-state index contributed by atoms with van der Waals surface area (Å²) >= 11 is 6.02. The summed E-state index contributed by atoms with van der Waals surface area (Å²) in [5, 5.41) is 9.50. The maximum Gasteiger partial charge on any atom is 0.120 e. The molecule has 0 saturated carbocycles. The first-order valence-corrected chi connectivity index (χ1v) is 4.67. The van der Waals surface area contributed by atoms with Gasteiger partial charge in [-0.15, -0.1) is 0 Å². The number of benzene rings is 1. The number of aliphatic hydroxyl groups is 1. The van der Waals surface area contributed by atoms with Crippen LogP contribution >= 0.6 is 11.6 Å². The van der Waals surface area contributed by atoms with Gasteiger partial charge in [0.05, 0.1) is 13.8 Å². The predicted octanol–water partition coefficient (Wildman–Crippen LogP) is 1.73. The molecule has 0 aliphatic heterocycles. The number of ether oxygens (including phenoxy) is 1. The zero-order chi connectivity index (χ0) is 10.6. The van der Waals surface area contributed by atoms with Crippen molar-refractivity contribution < 1.29 is 9.84 Å². The van der Waals surface area contributed by atoms with Gasteiger partial charge >= 0.3 is 0 Å². The first kappa shape index (κ1) is 11.3. The van der Waals surface area contributed by atoms with Crippen LogP contribution in [0.3, 0.4) is 0 Å². The molecule has 0 amide bonds. The van der Waals surface area contributed by atoms with E-state index in [-0.39, 0.29) is 6.73 Å². The van der Waals surface area contributed by atoms with Gasteiger partial charge in [-0.25, -0.2) is 0 Å². The smallest absolute Gasteiger partial charge is 0.120 e. The molecule has 0 heterocycles. The van der Waals surface area contributed by atoms with Crippen LogP contribution in [0.15, 0.2) is 18.2 Å². The second-order valence-electron chi connectivity index (χ2n) is 3.11. The Balaban J connectivity index is 2.78. The minimum absolute atomic E-state index is 0.0162. The van der Waals surface area contributed by atoms with Crippen LogP contribution in [0.5, 0.6) is 5.75 Å². The molecular formula is C10H14ClNO2. The van der Waals surface area contributed by atoms with Gasteiger partial charge in [-0.3, -0.25) is 4.90 Å². The van der Waals surface area contributed by atoms with Gasteiger partial charge in [0.1, 0.15) is 5.75 Å². The van der Waals surface area contributed by atoms with Crippen molar-refractivity contribution in [1.29, 1.82) is 0 Å². The first-order valence-electron chi connectivity index (χ1n) is 4.29. The van der Waals surface area contributed by atoms with E-state index in [9.17, 15) is 0 Å². The molecule has 0 atom stereocenters. The zero-order valence-electron chi connectivity index (χ0n) is 8.33. The highest BCUT2D eigenvalue weighted by Crippen LogP contribution is 2.23. The van der Waals surface area contributed by atoms with Gasteiger partial charge in [0.25, 0.3) is 0 Å². The van der Waals surface area contributed by atoms with Crippen LogP contribution in [0.25, 0.3) is 0 Å². The van der Waals surface area contributed by atoms with Crippen LogP contribution in [0.2, 0.25) is 5.02 Å². The van der Waals surface area contributed by atoms with E-state index >= 15 is 0 Å². The summed E-state index contributed by atoms with van der Waals surface area (Å²) < 4.78 is 5.03. The van der Waals surface area contributed by atoms with Crippen molar-refractivity contribution in [2.75, 3.05) is 20.9 Å². The Morgan fingerprint density at radius 1 is 1.50 bits per heavy atom. The molecule has 0 aliphatic carbocycles. The molecule has 3 nitrogen and oxygen atoms in total. The fourth-order valence-corrected chi connectivity index (χ4v) is 1.35. The number of halogens is 1. The van der Waals surface area contributed by atoms with Crippen LogP contribution < -0.4 is 4.74 Å². The quantitative estimate of drug-likeness (QED) is 0.777. The molecule has 0 bridgehead atoms. The lowest BCUT2D eigenvalue weighted by atomic mass is 10.2. The highest BCUT2D eigenvalue weighted by molar-refractivity contribution is 6.31. The lowest BCUT2D eigenvalue weighted by molar-refractivity contribution is 0.127. The fourth-order valence-electron chi connectivity index (χ4n) is 1.12. The third-order valence-corrected chi connectivity index (χ3v) is 2.29. The highest BCUT2D eigenvalue weighted by Gasteiger charge is 2.04. The van der Waals surface area contributed by atoms with E-state index < -0.39 is 0 Å². The number of aliphatic hydroxyl groups excluding tert-OH is 1. The maximum atomic E-state index is 8.85. The molecule has 0 saturated heterocycles. The molecule has 0 fully saturated rings. The van der Waals surface area contributed by atoms with Crippen molar-refractivity contribution in [2.24, 2.45) is 0 Å². The van der Waals surface area contributed by atoms with Gasteiger partial charge in [0, 0.05) is 11.6 Å². The summed E-state index contributed by atoms with van der Waals surface area (Å²) in [7, 11) is 3.42. The van der Waals surface area contributed by atoms with Crippen molar-refractivity contribution in [3.8, 4) is 5.75 Å². The molecule has 0 spiro atoms. The second kappa shape index (κ2) is 5.20. The van der Waals surface area contributed by atoms with Gasteiger partial charge in [0.2, 0.25) is 0 Å². The Hall–Kier alpha value is -0.770. The minimum atomic E-state index is 0.0162. The molecule has 1 N–H and O–H groups in total. The van der Waals surface area contributed by atoms with Crippen LogP contribution in [0.4, 0.5) is 0 Å². The molecule has 0 aliphatic rings. The zero-order valence-corrected chi connectivity index (χ0v) is 9.08. The van der Waals surface area contributed by atoms with Crippen molar-refractivity contribution in [2.45, 2.75) is 6.54 Å². The van der Waals surface area contributed by atoms with Crippen LogP contribution in [0.1, 0.15) is 5.56 Å². The van der Waals surface area contributed by atoms with Gasteiger partial charge in [-0.05, 0) is 24.7 Å². The largest absolute Gasteiger partial charge is 0.497 e. The summed E-state index contributed by atoms with van der Waals surface area (Å²) in [5.74, 6) is 0.741. The van der Waals surface area contributed by atoms with E-state index in [1.807, 2.05) is 19.2 Å². The van der Waals surface area contributed by atoms with Gasteiger partial charge in [-0.1, -0.05) is 17.7 Å². The van der Waals surface area contributed by atoms with Crippen molar-refractivity contribution in [3.63, 3.8) is 0 Å². The molecular weight excluding hydrogens is 202 g/mol. The normalized spacial score (nSPS) is 10.6. The van der Waals surface area contributed by atoms with Gasteiger partial charge < -0.3 is 9.84 Å². The molecule has 1 rings (SSSR count). The van der Waals surface area contributed by atoms with E-state index in [2.05, 4.69) is 0 Å². The molecule has 1 aromatic rings. The topological polar surface area (TPSA) is 32.7 Å². The molecule has 78 valence electrons. The van der Waals surface area contributed by atoms with E-state index in [1.54, 1.807) is 18.1 Å². The number of hydrogen-bond acceptors (Lipinski definition) is 3. The van der Waals surface area contributed by atoms with E-state index in [0.717, 1.165) is 11.3 Å². The summed E-state index contributed by atoms with van der Waals surface area (Å²) in [6, 6.07) is 5.52. The number of nitrogens with zero attached hydrogens (tertiary/aromatic N) is 1. The molecule has 4 heteroatoms. The van der Waals surface area contributed by atoms with E-state index in [1.165, 1.54) is 0 Å². The Bertz CT molecular complexity index is 304. The summed E-state index contributed by atoms with van der Waals surface area (Å²) in [4.78, 5) is 1.76. The Morgan fingerprint density at radius 3 is 2.71 bits per heavy atom. The molecule has 0 unspecified atom stereocenters. The summed E-state index contributed by atoms with van der Waals surface area (Å²) in [5.41, 5.74) is 0.976. The average molecular weight is 216 g/mol. The van der Waals surface area contributed by atoms with E-state index in [0.29, 0.717) is 11.6 Å². The Labute approximate surface area is 88.9 Å². The van der Waals surface area contributed by atoms with E-state index in [4.69, 9.17) is 21.4 Å². The average Bonchev–Trinajstić information content (AvgIpc) is 2.20. The van der Waals surface area contributed by atoms with Crippen LogP contribution in [-0.4, -0.2) is 30.9 Å². The SMILES string of the molecule is COc1ccc(CN(C)CO)c(Cl)c1. The second-order valence-corrected chi connectivity index (χ2v) is 3.52.